The first-order valence-electron chi connectivity index (χ1n) is 4.83. The van der Waals surface area contributed by atoms with Gasteiger partial charge in [0, 0.05) is 26.3 Å². The Kier molecular flexibility index (Phi) is 9.80. The number of nitrogens with zero attached hydrogens (tertiary/aromatic N) is 1. The molecule has 0 saturated heterocycles. The van der Waals surface area contributed by atoms with Crippen LogP contribution in [0.2, 0.25) is 0 Å². The Morgan fingerprint density at radius 1 is 1.08 bits per heavy atom. The zero-order valence-electron chi connectivity index (χ0n) is 8.66. The number of aliphatic hydroxyl groups is 1. The fourth-order valence-corrected chi connectivity index (χ4v) is 0.941. The van der Waals surface area contributed by atoms with Gasteiger partial charge in [-0.1, -0.05) is 0 Å². The highest BCUT2D eigenvalue weighted by Gasteiger charge is 2.02. The van der Waals surface area contributed by atoms with Gasteiger partial charge < -0.3 is 14.6 Å². The van der Waals surface area contributed by atoms with E-state index in [0.29, 0.717) is 26.5 Å². The highest BCUT2D eigenvalue weighted by Crippen LogP contribution is 1.89. The van der Waals surface area contributed by atoms with Gasteiger partial charge in [-0.25, -0.2) is 0 Å². The fraction of sp³-hybridized carbons (Fsp3) is 1.00. The lowest BCUT2D eigenvalue weighted by Gasteiger charge is -2.20. The lowest BCUT2D eigenvalue weighted by atomic mass is 10.5. The summed E-state index contributed by atoms with van der Waals surface area (Å²) in [6.45, 7) is 8.27. The zero-order chi connectivity index (χ0) is 9.94. The van der Waals surface area contributed by atoms with Crippen molar-refractivity contribution in [3.8, 4) is 0 Å². The Morgan fingerprint density at radius 3 is 2.31 bits per heavy atom. The third-order valence-electron chi connectivity index (χ3n) is 1.65. The van der Waals surface area contributed by atoms with E-state index in [2.05, 4.69) is 0 Å². The molecule has 4 nitrogen and oxygen atoms in total. The van der Waals surface area contributed by atoms with Crippen LogP contribution in [0.5, 0.6) is 0 Å². The number of ether oxygens (including phenoxy) is 2. The summed E-state index contributed by atoms with van der Waals surface area (Å²) in [4.78, 5) is 2.03. The van der Waals surface area contributed by atoms with Crippen LogP contribution in [0.1, 0.15) is 13.8 Å². The van der Waals surface area contributed by atoms with Crippen LogP contribution in [0.15, 0.2) is 0 Å². The van der Waals surface area contributed by atoms with Gasteiger partial charge in [-0.15, -0.1) is 0 Å². The molecule has 0 fully saturated rings. The molecule has 0 unspecified atom stereocenters. The Hall–Kier alpha value is -0.160. The second-order valence-corrected chi connectivity index (χ2v) is 2.66. The molecule has 0 atom stereocenters. The predicted octanol–water partition coefficient (Wildman–Crippen LogP) is 0.311. The van der Waals surface area contributed by atoms with Crippen molar-refractivity contribution < 1.29 is 14.6 Å². The second-order valence-electron chi connectivity index (χ2n) is 2.66. The van der Waals surface area contributed by atoms with Gasteiger partial charge in [0.05, 0.1) is 19.9 Å². The molecule has 4 heteroatoms. The normalized spacial score (nSPS) is 11.1. The molecule has 0 saturated carbocycles. The lowest BCUT2D eigenvalue weighted by Crippen LogP contribution is -2.32. The second kappa shape index (κ2) is 9.92. The van der Waals surface area contributed by atoms with E-state index in [4.69, 9.17) is 14.6 Å². The smallest absolute Gasteiger partial charge is 0.0991 e. The van der Waals surface area contributed by atoms with Crippen LogP contribution in [0, 0.1) is 0 Å². The Labute approximate surface area is 80.4 Å². The van der Waals surface area contributed by atoms with Crippen LogP contribution in [-0.4, -0.2) is 56.3 Å². The molecule has 0 spiro atoms. The summed E-state index contributed by atoms with van der Waals surface area (Å²) in [5.74, 6) is 0. The first-order valence-corrected chi connectivity index (χ1v) is 4.83. The molecular formula is C9H21NO3. The standard InChI is InChI=1S/C9H21NO3/c1-3-12-8-6-10(5-7-11)9-13-4-2/h11H,3-9H2,1-2H3. The van der Waals surface area contributed by atoms with Crippen LogP contribution in [0.3, 0.4) is 0 Å². The molecule has 1 N–H and O–H groups in total. The molecule has 0 amide bonds. The third-order valence-corrected chi connectivity index (χ3v) is 1.65. The van der Waals surface area contributed by atoms with Gasteiger partial charge in [0.2, 0.25) is 0 Å². The lowest BCUT2D eigenvalue weighted by molar-refractivity contribution is 0.00922. The first kappa shape index (κ1) is 12.8. The minimum atomic E-state index is 0.166. The van der Waals surface area contributed by atoms with Crippen molar-refractivity contribution in [2.45, 2.75) is 13.8 Å². The van der Waals surface area contributed by atoms with E-state index in [0.717, 1.165) is 13.2 Å². The maximum Gasteiger partial charge on any atom is 0.0991 e. The molecule has 0 heterocycles. The highest BCUT2D eigenvalue weighted by atomic mass is 16.5. The molecular weight excluding hydrogens is 170 g/mol. The van der Waals surface area contributed by atoms with E-state index in [1.807, 2.05) is 18.7 Å². The maximum absolute atomic E-state index is 8.75. The summed E-state index contributed by atoms with van der Waals surface area (Å²) in [6, 6.07) is 0. The van der Waals surface area contributed by atoms with Crippen molar-refractivity contribution in [3.05, 3.63) is 0 Å². The zero-order valence-corrected chi connectivity index (χ0v) is 8.66. The summed E-state index contributed by atoms with van der Waals surface area (Å²) >= 11 is 0. The molecule has 80 valence electrons. The topological polar surface area (TPSA) is 41.9 Å². The molecule has 0 radical (unpaired) electrons. The average Bonchev–Trinajstić information content (AvgIpc) is 2.14. The Morgan fingerprint density at radius 2 is 1.77 bits per heavy atom. The van der Waals surface area contributed by atoms with Gasteiger partial charge in [0.15, 0.2) is 0 Å². The number of aliphatic hydroxyl groups excluding tert-OH is 1. The van der Waals surface area contributed by atoms with E-state index in [1.54, 1.807) is 0 Å². The predicted molar refractivity (Wildman–Crippen MR) is 51.6 cm³/mol. The minimum absolute atomic E-state index is 0.166. The molecule has 0 aliphatic carbocycles. The summed E-state index contributed by atoms with van der Waals surface area (Å²) in [7, 11) is 0. The van der Waals surface area contributed by atoms with Crippen molar-refractivity contribution in [1.29, 1.82) is 0 Å². The molecule has 0 rings (SSSR count). The molecule has 0 aliphatic heterocycles. The molecule has 0 aromatic carbocycles. The molecule has 0 aromatic rings. The number of hydrogen-bond acceptors (Lipinski definition) is 4. The molecule has 0 bridgehead atoms. The Bertz CT molecular complexity index is 101. The maximum atomic E-state index is 8.75. The van der Waals surface area contributed by atoms with E-state index in [1.165, 1.54) is 0 Å². The summed E-state index contributed by atoms with van der Waals surface area (Å²) in [5.41, 5.74) is 0. The highest BCUT2D eigenvalue weighted by molar-refractivity contribution is 4.50. The van der Waals surface area contributed by atoms with E-state index in [9.17, 15) is 0 Å². The average molecular weight is 191 g/mol. The van der Waals surface area contributed by atoms with E-state index < -0.39 is 0 Å². The van der Waals surface area contributed by atoms with Crippen LogP contribution in [-0.2, 0) is 9.47 Å². The SMILES string of the molecule is CCOCCN(CCO)COCC. The van der Waals surface area contributed by atoms with Gasteiger partial charge in [-0.05, 0) is 13.8 Å². The largest absolute Gasteiger partial charge is 0.395 e. The summed E-state index contributed by atoms with van der Waals surface area (Å²) in [6.07, 6.45) is 0. The quantitative estimate of drug-likeness (QED) is 0.421. The van der Waals surface area contributed by atoms with Crippen LogP contribution in [0.4, 0.5) is 0 Å². The van der Waals surface area contributed by atoms with Gasteiger partial charge in [-0.3, -0.25) is 4.90 Å². The third kappa shape index (κ3) is 8.18. The monoisotopic (exact) mass is 191 g/mol. The minimum Gasteiger partial charge on any atom is -0.395 e. The van der Waals surface area contributed by atoms with Gasteiger partial charge in [-0.2, -0.15) is 0 Å². The first-order chi connectivity index (χ1) is 6.35. The van der Waals surface area contributed by atoms with Crippen molar-refractivity contribution in [2.24, 2.45) is 0 Å². The van der Waals surface area contributed by atoms with Gasteiger partial charge in [0.1, 0.15) is 0 Å². The number of hydrogen-bond donors (Lipinski definition) is 1. The van der Waals surface area contributed by atoms with E-state index >= 15 is 0 Å². The van der Waals surface area contributed by atoms with Crippen LogP contribution in [0.25, 0.3) is 0 Å². The fourth-order valence-electron chi connectivity index (χ4n) is 0.941. The molecule has 0 aromatic heterocycles. The van der Waals surface area contributed by atoms with Gasteiger partial charge in [0.25, 0.3) is 0 Å². The van der Waals surface area contributed by atoms with Gasteiger partial charge >= 0.3 is 0 Å². The van der Waals surface area contributed by atoms with Crippen molar-refractivity contribution in [1.82, 2.24) is 4.90 Å². The summed E-state index contributed by atoms with van der Waals surface area (Å²) < 4.78 is 10.4. The van der Waals surface area contributed by atoms with Crippen molar-refractivity contribution in [2.75, 3.05) is 46.2 Å². The van der Waals surface area contributed by atoms with Crippen molar-refractivity contribution >= 4 is 0 Å². The van der Waals surface area contributed by atoms with Crippen LogP contribution >= 0.6 is 0 Å². The summed E-state index contributed by atoms with van der Waals surface area (Å²) in [5, 5.41) is 8.75. The molecule has 13 heavy (non-hydrogen) atoms. The number of rotatable bonds is 9. The van der Waals surface area contributed by atoms with E-state index in [-0.39, 0.29) is 6.61 Å². The van der Waals surface area contributed by atoms with Crippen molar-refractivity contribution in [3.63, 3.8) is 0 Å². The van der Waals surface area contributed by atoms with Crippen LogP contribution < -0.4 is 0 Å². The Balaban J connectivity index is 3.41. The molecule has 0 aliphatic rings.